The van der Waals surface area contributed by atoms with Crippen molar-refractivity contribution in [2.24, 2.45) is 0 Å². The van der Waals surface area contributed by atoms with E-state index in [4.69, 9.17) is 0 Å². The number of aromatic amines is 2. The van der Waals surface area contributed by atoms with E-state index in [1.165, 1.54) is 0 Å². The lowest BCUT2D eigenvalue weighted by atomic mass is 10.0. The normalized spacial score (nSPS) is 11.2. The molecule has 5 aromatic heterocycles. The van der Waals surface area contributed by atoms with Gasteiger partial charge < -0.3 is 10.3 Å². The van der Waals surface area contributed by atoms with E-state index in [1.54, 1.807) is 12.4 Å². The van der Waals surface area contributed by atoms with Crippen LogP contribution in [0.1, 0.15) is 13.3 Å². The SMILES string of the molecule is C=C(CC)Nc1cncc(-c2cc3c(-c4cc5c(-c6cccnc6)cccc5[nH]4)n[nH]c3cn2)c1. The summed E-state index contributed by atoms with van der Waals surface area (Å²) in [6.45, 7) is 6.08. The van der Waals surface area contributed by atoms with Crippen molar-refractivity contribution in [1.82, 2.24) is 30.1 Å². The lowest BCUT2D eigenvalue weighted by molar-refractivity contribution is 1.11. The molecule has 0 amide bonds. The van der Waals surface area contributed by atoms with Gasteiger partial charge in [0, 0.05) is 51.7 Å². The van der Waals surface area contributed by atoms with Crippen LogP contribution in [0.2, 0.25) is 0 Å². The molecule has 3 N–H and O–H groups in total. The van der Waals surface area contributed by atoms with E-state index in [9.17, 15) is 0 Å². The molecule has 0 aliphatic heterocycles. The van der Waals surface area contributed by atoms with Crippen molar-refractivity contribution in [1.29, 1.82) is 0 Å². The highest BCUT2D eigenvalue weighted by Crippen LogP contribution is 2.34. The van der Waals surface area contributed by atoms with Crippen LogP contribution in [0.5, 0.6) is 0 Å². The second-order valence-corrected chi connectivity index (χ2v) is 8.42. The number of hydrogen-bond acceptors (Lipinski definition) is 5. The van der Waals surface area contributed by atoms with Crippen LogP contribution in [0.4, 0.5) is 5.69 Å². The van der Waals surface area contributed by atoms with E-state index >= 15 is 0 Å². The highest BCUT2D eigenvalue weighted by Gasteiger charge is 2.15. The van der Waals surface area contributed by atoms with E-state index in [0.29, 0.717) is 0 Å². The van der Waals surface area contributed by atoms with Gasteiger partial charge in [-0.05, 0) is 42.3 Å². The zero-order chi connectivity index (χ0) is 23.8. The molecule has 0 fully saturated rings. The number of rotatable bonds is 6. The Hall–Kier alpha value is -4.78. The van der Waals surface area contributed by atoms with Gasteiger partial charge in [0.25, 0.3) is 0 Å². The van der Waals surface area contributed by atoms with Crippen LogP contribution in [0, 0.1) is 0 Å². The van der Waals surface area contributed by atoms with Gasteiger partial charge in [0.2, 0.25) is 0 Å². The molecule has 5 heterocycles. The molecule has 0 saturated heterocycles. The molecule has 6 rings (SSSR count). The van der Waals surface area contributed by atoms with Crippen molar-refractivity contribution in [2.45, 2.75) is 13.3 Å². The van der Waals surface area contributed by atoms with Gasteiger partial charge in [0.15, 0.2) is 0 Å². The molecular formula is C28H23N7. The predicted octanol–water partition coefficient (Wildman–Crippen LogP) is 6.57. The van der Waals surface area contributed by atoms with Crippen molar-refractivity contribution in [3.63, 3.8) is 0 Å². The summed E-state index contributed by atoms with van der Waals surface area (Å²) in [5.74, 6) is 0. The van der Waals surface area contributed by atoms with Gasteiger partial charge in [0.05, 0.1) is 35.0 Å². The summed E-state index contributed by atoms with van der Waals surface area (Å²) in [7, 11) is 0. The summed E-state index contributed by atoms with van der Waals surface area (Å²) in [6.07, 6.45) is 9.94. The molecule has 1 aromatic carbocycles. The van der Waals surface area contributed by atoms with Crippen LogP contribution in [0.3, 0.4) is 0 Å². The minimum absolute atomic E-state index is 0.825. The average Bonchev–Trinajstić information content (AvgIpc) is 3.53. The van der Waals surface area contributed by atoms with E-state index in [-0.39, 0.29) is 0 Å². The number of benzene rings is 1. The summed E-state index contributed by atoms with van der Waals surface area (Å²) in [5, 5.41) is 13.1. The zero-order valence-corrected chi connectivity index (χ0v) is 19.2. The topological polar surface area (TPSA) is 95.2 Å². The highest BCUT2D eigenvalue weighted by atomic mass is 15.1. The fourth-order valence-electron chi connectivity index (χ4n) is 4.28. The molecule has 0 atom stereocenters. The largest absolute Gasteiger partial charge is 0.358 e. The molecule has 0 spiro atoms. The van der Waals surface area contributed by atoms with Crippen molar-refractivity contribution in [3.8, 4) is 33.8 Å². The molecule has 0 radical (unpaired) electrons. The maximum atomic E-state index is 4.64. The maximum absolute atomic E-state index is 4.64. The van der Waals surface area contributed by atoms with Crippen LogP contribution >= 0.6 is 0 Å². The smallest absolute Gasteiger partial charge is 0.116 e. The summed E-state index contributed by atoms with van der Waals surface area (Å²) in [6, 6.07) is 16.5. The Balaban J connectivity index is 1.43. The van der Waals surface area contributed by atoms with E-state index in [2.05, 4.69) is 85.4 Å². The van der Waals surface area contributed by atoms with Crippen LogP contribution in [-0.4, -0.2) is 30.1 Å². The number of nitrogens with zero attached hydrogens (tertiary/aromatic N) is 4. The second-order valence-electron chi connectivity index (χ2n) is 8.42. The van der Waals surface area contributed by atoms with Crippen molar-refractivity contribution >= 4 is 27.5 Å². The standard InChI is InChI=1S/C28H23N7/c1-3-17(2)32-20-10-19(14-30-15-20)25-12-23-27(16-31-25)34-35-28(23)26-11-22-21(7-4-8-24(22)33-26)18-6-5-9-29-13-18/h4-16,32-33H,2-3H2,1H3,(H,34,35). The molecule has 0 aliphatic rings. The number of hydrogen-bond donors (Lipinski definition) is 3. The first-order chi connectivity index (χ1) is 17.2. The van der Waals surface area contributed by atoms with E-state index in [0.717, 1.165) is 73.4 Å². The minimum atomic E-state index is 0.825. The van der Waals surface area contributed by atoms with Crippen LogP contribution in [0.25, 0.3) is 55.6 Å². The number of nitrogens with one attached hydrogen (secondary N) is 3. The Morgan fingerprint density at radius 2 is 1.83 bits per heavy atom. The molecule has 6 aromatic rings. The number of allylic oxidation sites excluding steroid dienone is 1. The highest BCUT2D eigenvalue weighted by molar-refractivity contribution is 6.01. The van der Waals surface area contributed by atoms with Crippen LogP contribution < -0.4 is 5.32 Å². The summed E-state index contributed by atoms with van der Waals surface area (Å²) >= 11 is 0. The Labute approximate surface area is 202 Å². The fourth-order valence-corrected chi connectivity index (χ4v) is 4.28. The predicted molar refractivity (Wildman–Crippen MR) is 141 cm³/mol. The van der Waals surface area contributed by atoms with Crippen LogP contribution in [0.15, 0.2) is 91.8 Å². The Morgan fingerprint density at radius 1 is 0.914 bits per heavy atom. The molecule has 0 bridgehead atoms. The van der Waals surface area contributed by atoms with E-state index in [1.807, 2.05) is 30.7 Å². The van der Waals surface area contributed by atoms with Crippen molar-refractivity contribution in [3.05, 3.63) is 91.8 Å². The quantitative estimate of drug-likeness (QED) is 0.263. The van der Waals surface area contributed by atoms with Gasteiger partial charge in [0.1, 0.15) is 5.69 Å². The molecule has 0 saturated carbocycles. The Bertz CT molecular complexity index is 1680. The van der Waals surface area contributed by atoms with Gasteiger partial charge in [-0.2, -0.15) is 5.10 Å². The number of H-pyrrole nitrogens is 2. The monoisotopic (exact) mass is 457 g/mol. The van der Waals surface area contributed by atoms with Gasteiger partial charge in [-0.15, -0.1) is 0 Å². The number of fused-ring (bicyclic) bond motifs is 2. The van der Waals surface area contributed by atoms with Crippen molar-refractivity contribution in [2.75, 3.05) is 5.32 Å². The third-order valence-corrected chi connectivity index (χ3v) is 6.12. The Morgan fingerprint density at radius 3 is 2.69 bits per heavy atom. The zero-order valence-electron chi connectivity index (χ0n) is 19.2. The summed E-state index contributed by atoms with van der Waals surface area (Å²) < 4.78 is 0. The third kappa shape index (κ3) is 3.83. The maximum Gasteiger partial charge on any atom is 0.116 e. The fraction of sp³-hybridized carbons (Fsp3) is 0.0714. The molecule has 170 valence electrons. The molecular weight excluding hydrogens is 434 g/mol. The van der Waals surface area contributed by atoms with E-state index < -0.39 is 0 Å². The first kappa shape index (κ1) is 20.8. The number of pyridine rings is 3. The van der Waals surface area contributed by atoms with Gasteiger partial charge in [-0.1, -0.05) is 31.7 Å². The first-order valence-electron chi connectivity index (χ1n) is 11.5. The number of aromatic nitrogens is 6. The van der Waals surface area contributed by atoms with Crippen LogP contribution in [-0.2, 0) is 0 Å². The van der Waals surface area contributed by atoms with Gasteiger partial charge in [-0.3, -0.25) is 20.1 Å². The average molecular weight is 458 g/mol. The number of anilines is 1. The third-order valence-electron chi connectivity index (χ3n) is 6.12. The lowest BCUT2D eigenvalue weighted by Crippen LogP contribution is -1.97. The van der Waals surface area contributed by atoms with Gasteiger partial charge >= 0.3 is 0 Å². The second kappa shape index (κ2) is 8.53. The molecule has 0 unspecified atom stereocenters. The first-order valence-corrected chi connectivity index (χ1v) is 11.5. The molecule has 7 heteroatoms. The Kier molecular flexibility index (Phi) is 5.07. The van der Waals surface area contributed by atoms with Gasteiger partial charge in [-0.25, -0.2) is 0 Å². The summed E-state index contributed by atoms with van der Waals surface area (Å²) in [4.78, 5) is 16.9. The van der Waals surface area contributed by atoms with Crippen molar-refractivity contribution < 1.29 is 0 Å². The molecule has 7 nitrogen and oxygen atoms in total. The minimum Gasteiger partial charge on any atom is -0.358 e. The lowest BCUT2D eigenvalue weighted by Gasteiger charge is -2.08. The summed E-state index contributed by atoms with van der Waals surface area (Å²) in [5.41, 5.74) is 9.48. The molecule has 35 heavy (non-hydrogen) atoms. The molecule has 0 aliphatic carbocycles.